The van der Waals surface area contributed by atoms with Crippen LogP contribution in [0.1, 0.15) is 22.4 Å². The van der Waals surface area contributed by atoms with Crippen LogP contribution in [-0.2, 0) is 7.05 Å². The van der Waals surface area contributed by atoms with E-state index in [2.05, 4.69) is 20.4 Å². The SMILES string of the molecule is Cn1ccnc1C1CNCCN1C(=O)c1cc(-c2cccnc2)on1. The smallest absolute Gasteiger partial charge is 0.276 e. The Balaban J connectivity index is 1.61. The van der Waals surface area contributed by atoms with Crippen molar-refractivity contribution < 1.29 is 9.32 Å². The number of hydrogen-bond donors (Lipinski definition) is 1. The highest BCUT2D eigenvalue weighted by molar-refractivity contribution is 5.93. The van der Waals surface area contributed by atoms with E-state index in [0.29, 0.717) is 24.5 Å². The number of rotatable bonds is 3. The summed E-state index contributed by atoms with van der Waals surface area (Å²) in [5.41, 5.74) is 1.08. The lowest BCUT2D eigenvalue weighted by atomic mass is 10.1. The van der Waals surface area contributed by atoms with Crippen LogP contribution in [0.15, 0.2) is 47.5 Å². The fourth-order valence-electron chi connectivity index (χ4n) is 3.04. The molecule has 1 aliphatic rings. The van der Waals surface area contributed by atoms with Crippen LogP contribution in [0.4, 0.5) is 0 Å². The third kappa shape index (κ3) is 2.91. The molecule has 4 heterocycles. The zero-order valence-corrected chi connectivity index (χ0v) is 13.8. The molecule has 4 rings (SSSR count). The van der Waals surface area contributed by atoms with E-state index in [9.17, 15) is 4.79 Å². The van der Waals surface area contributed by atoms with Gasteiger partial charge in [-0.25, -0.2) is 4.98 Å². The molecule has 1 aliphatic heterocycles. The van der Waals surface area contributed by atoms with Gasteiger partial charge in [-0.3, -0.25) is 9.78 Å². The molecule has 0 aliphatic carbocycles. The molecule has 8 nitrogen and oxygen atoms in total. The first kappa shape index (κ1) is 15.5. The fourth-order valence-corrected chi connectivity index (χ4v) is 3.04. The summed E-state index contributed by atoms with van der Waals surface area (Å²) >= 11 is 0. The molecule has 1 fully saturated rings. The van der Waals surface area contributed by atoms with Gasteiger partial charge in [0.15, 0.2) is 11.5 Å². The second kappa shape index (κ2) is 6.48. The van der Waals surface area contributed by atoms with Gasteiger partial charge in [0.2, 0.25) is 0 Å². The maximum atomic E-state index is 13.0. The highest BCUT2D eigenvalue weighted by Crippen LogP contribution is 2.24. The summed E-state index contributed by atoms with van der Waals surface area (Å²) in [5.74, 6) is 1.21. The van der Waals surface area contributed by atoms with Crippen molar-refractivity contribution in [1.29, 1.82) is 0 Å². The lowest BCUT2D eigenvalue weighted by molar-refractivity contribution is 0.0610. The number of nitrogens with zero attached hydrogens (tertiary/aromatic N) is 5. The minimum absolute atomic E-state index is 0.139. The van der Waals surface area contributed by atoms with E-state index in [-0.39, 0.29) is 11.9 Å². The largest absolute Gasteiger partial charge is 0.355 e. The van der Waals surface area contributed by atoms with Crippen molar-refractivity contribution in [3.63, 3.8) is 0 Å². The number of carbonyl (C=O) groups excluding carboxylic acids is 1. The van der Waals surface area contributed by atoms with Gasteiger partial charge < -0.3 is 19.3 Å². The Morgan fingerprint density at radius 1 is 1.40 bits per heavy atom. The van der Waals surface area contributed by atoms with E-state index in [0.717, 1.165) is 17.9 Å². The number of imidazole rings is 1. The van der Waals surface area contributed by atoms with Gasteiger partial charge in [-0.1, -0.05) is 5.16 Å². The average molecular weight is 338 g/mol. The van der Waals surface area contributed by atoms with Crippen LogP contribution >= 0.6 is 0 Å². The molecule has 3 aromatic rings. The van der Waals surface area contributed by atoms with Gasteiger partial charge in [0, 0.05) is 63.1 Å². The van der Waals surface area contributed by atoms with Crippen LogP contribution in [0.2, 0.25) is 0 Å². The van der Waals surface area contributed by atoms with Gasteiger partial charge in [0.25, 0.3) is 5.91 Å². The third-order valence-corrected chi connectivity index (χ3v) is 4.34. The van der Waals surface area contributed by atoms with Gasteiger partial charge in [0.1, 0.15) is 11.9 Å². The van der Waals surface area contributed by atoms with Gasteiger partial charge in [-0.2, -0.15) is 0 Å². The molecule has 25 heavy (non-hydrogen) atoms. The van der Waals surface area contributed by atoms with E-state index in [4.69, 9.17) is 4.52 Å². The predicted molar refractivity (Wildman–Crippen MR) is 89.6 cm³/mol. The van der Waals surface area contributed by atoms with E-state index in [1.165, 1.54) is 0 Å². The maximum Gasteiger partial charge on any atom is 0.276 e. The number of aromatic nitrogens is 4. The highest BCUT2D eigenvalue weighted by atomic mass is 16.5. The number of nitrogens with one attached hydrogen (secondary N) is 1. The zero-order chi connectivity index (χ0) is 17.2. The molecular weight excluding hydrogens is 320 g/mol. The molecule has 0 saturated carbocycles. The summed E-state index contributed by atoms with van der Waals surface area (Å²) in [5, 5.41) is 7.28. The standard InChI is InChI=1S/C17H18N6O2/c1-22-7-6-20-16(22)14-11-19-5-8-23(14)17(24)13-9-15(25-21-13)12-3-2-4-18-10-12/h2-4,6-7,9-10,14,19H,5,8,11H2,1H3. The minimum atomic E-state index is -0.159. The second-order valence-corrected chi connectivity index (χ2v) is 5.93. The number of amides is 1. The van der Waals surface area contributed by atoms with E-state index >= 15 is 0 Å². The van der Waals surface area contributed by atoms with Crippen LogP contribution in [0.5, 0.6) is 0 Å². The van der Waals surface area contributed by atoms with Crippen LogP contribution < -0.4 is 5.32 Å². The van der Waals surface area contributed by atoms with Gasteiger partial charge >= 0.3 is 0 Å². The molecule has 1 amide bonds. The molecule has 0 bridgehead atoms. The Morgan fingerprint density at radius 2 is 2.32 bits per heavy atom. The summed E-state index contributed by atoms with van der Waals surface area (Å²) in [6, 6.07) is 5.20. The van der Waals surface area contributed by atoms with Crippen molar-refractivity contribution in [2.45, 2.75) is 6.04 Å². The lowest BCUT2D eigenvalue weighted by Gasteiger charge is -2.35. The van der Waals surface area contributed by atoms with Gasteiger partial charge in [-0.15, -0.1) is 0 Å². The van der Waals surface area contributed by atoms with Crippen molar-refractivity contribution in [2.24, 2.45) is 7.05 Å². The first-order valence-corrected chi connectivity index (χ1v) is 8.10. The Kier molecular flexibility index (Phi) is 4.02. The Morgan fingerprint density at radius 3 is 3.08 bits per heavy atom. The molecule has 0 radical (unpaired) electrons. The average Bonchev–Trinajstić information content (AvgIpc) is 3.31. The van der Waals surface area contributed by atoms with E-state index in [1.807, 2.05) is 29.9 Å². The predicted octanol–water partition coefficient (Wildman–Crippen LogP) is 1.26. The van der Waals surface area contributed by atoms with Crippen molar-refractivity contribution in [3.05, 3.63) is 54.5 Å². The summed E-state index contributed by atoms with van der Waals surface area (Å²) in [6.07, 6.45) is 6.98. The monoisotopic (exact) mass is 338 g/mol. The van der Waals surface area contributed by atoms with Gasteiger partial charge in [-0.05, 0) is 12.1 Å². The number of hydrogen-bond acceptors (Lipinski definition) is 6. The Hall–Kier alpha value is -3.00. The van der Waals surface area contributed by atoms with Crippen LogP contribution in [0.3, 0.4) is 0 Å². The molecule has 1 N–H and O–H groups in total. The normalized spacial score (nSPS) is 17.6. The summed E-state index contributed by atoms with van der Waals surface area (Å²) in [4.78, 5) is 23.2. The number of aryl methyl sites for hydroxylation is 1. The number of carbonyl (C=O) groups is 1. The van der Waals surface area contributed by atoms with Crippen molar-refractivity contribution >= 4 is 5.91 Å². The molecule has 1 atom stereocenters. The van der Waals surface area contributed by atoms with Crippen LogP contribution in [-0.4, -0.2) is 50.1 Å². The van der Waals surface area contributed by atoms with Crippen molar-refractivity contribution in [2.75, 3.05) is 19.6 Å². The first-order valence-electron chi connectivity index (χ1n) is 8.10. The maximum absolute atomic E-state index is 13.0. The summed E-state index contributed by atoms with van der Waals surface area (Å²) in [7, 11) is 1.93. The number of pyridine rings is 1. The molecular formula is C17H18N6O2. The molecule has 0 aromatic carbocycles. The summed E-state index contributed by atoms with van der Waals surface area (Å²) in [6.45, 7) is 1.98. The third-order valence-electron chi connectivity index (χ3n) is 4.34. The zero-order valence-electron chi connectivity index (χ0n) is 13.8. The van der Waals surface area contributed by atoms with Crippen LogP contribution in [0.25, 0.3) is 11.3 Å². The highest BCUT2D eigenvalue weighted by Gasteiger charge is 2.32. The molecule has 1 unspecified atom stereocenters. The molecule has 128 valence electrons. The molecule has 3 aromatic heterocycles. The van der Waals surface area contributed by atoms with E-state index < -0.39 is 0 Å². The quantitative estimate of drug-likeness (QED) is 0.773. The second-order valence-electron chi connectivity index (χ2n) is 5.93. The van der Waals surface area contributed by atoms with E-state index in [1.54, 1.807) is 29.6 Å². The first-order chi connectivity index (χ1) is 12.2. The van der Waals surface area contributed by atoms with Crippen molar-refractivity contribution in [1.82, 2.24) is 29.9 Å². The van der Waals surface area contributed by atoms with Crippen LogP contribution in [0, 0.1) is 0 Å². The fraction of sp³-hybridized carbons (Fsp3) is 0.294. The summed E-state index contributed by atoms with van der Waals surface area (Å²) < 4.78 is 7.27. The topological polar surface area (TPSA) is 89.1 Å². The minimum Gasteiger partial charge on any atom is -0.355 e. The molecule has 1 saturated heterocycles. The Bertz CT molecular complexity index is 872. The molecule has 8 heteroatoms. The van der Waals surface area contributed by atoms with Crippen molar-refractivity contribution in [3.8, 4) is 11.3 Å². The number of piperazine rings is 1. The van der Waals surface area contributed by atoms with Gasteiger partial charge in [0.05, 0.1) is 0 Å². The molecule has 0 spiro atoms. The Labute approximate surface area is 144 Å². The lowest BCUT2D eigenvalue weighted by Crippen LogP contribution is -2.49.